The minimum Gasteiger partial charge on any atom is -0.396 e. The molecule has 0 radical (unpaired) electrons. The molecule has 0 saturated heterocycles. The van der Waals surface area contributed by atoms with Crippen molar-refractivity contribution in [1.82, 2.24) is 9.38 Å². The van der Waals surface area contributed by atoms with Crippen molar-refractivity contribution in [1.29, 1.82) is 0 Å². The summed E-state index contributed by atoms with van der Waals surface area (Å²) in [5.74, 6) is 5.47. The van der Waals surface area contributed by atoms with Gasteiger partial charge in [-0.1, -0.05) is 17.9 Å². The fourth-order valence-corrected chi connectivity index (χ4v) is 2.19. The van der Waals surface area contributed by atoms with Crippen LogP contribution in [0.1, 0.15) is 16.7 Å². The van der Waals surface area contributed by atoms with E-state index in [1.807, 2.05) is 0 Å². The van der Waals surface area contributed by atoms with Crippen molar-refractivity contribution in [3.8, 4) is 11.8 Å². The Morgan fingerprint density at radius 1 is 1.17 bits per heavy atom. The predicted molar refractivity (Wildman–Crippen MR) is 84.6 cm³/mol. The maximum absolute atomic E-state index is 13.1. The minimum absolute atomic E-state index is 0.0970. The van der Waals surface area contributed by atoms with Gasteiger partial charge in [0.15, 0.2) is 0 Å². The zero-order valence-electron chi connectivity index (χ0n) is 12.2. The third-order valence-electron chi connectivity index (χ3n) is 3.34. The van der Waals surface area contributed by atoms with Crippen molar-refractivity contribution in [2.75, 3.05) is 6.61 Å². The quantitative estimate of drug-likeness (QED) is 0.734. The number of hydrogen-bond acceptors (Lipinski definition) is 3. The summed E-state index contributed by atoms with van der Waals surface area (Å²) >= 11 is 0. The first kappa shape index (κ1) is 14.9. The minimum atomic E-state index is -0.333. The second-order valence-corrected chi connectivity index (χ2v) is 4.97. The molecule has 3 aromatic rings. The van der Waals surface area contributed by atoms with Crippen LogP contribution in [-0.2, 0) is 6.42 Å². The van der Waals surface area contributed by atoms with Crippen LogP contribution in [0.15, 0.2) is 53.6 Å². The van der Waals surface area contributed by atoms with Gasteiger partial charge in [0.2, 0.25) is 0 Å². The SMILES string of the molecule is O=c1c(CCO)cnc2cc(C#Cc3cccc(F)c3)ccn12. The lowest BCUT2D eigenvalue weighted by molar-refractivity contribution is 0.299. The molecule has 0 fully saturated rings. The van der Waals surface area contributed by atoms with Crippen LogP contribution in [0.25, 0.3) is 5.65 Å². The van der Waals surface area contributed by atoms with E-state index in [2.05, 4.69) is 16.8 Å². The first-order valence-electron chi connectivity index (χ1n) is 7.06. The van der Waals surface area contributed by atoms with Crippen molar-refractivity contribution in [3.63, 3.8) is 0 Å². The van der Waals surface area contributed by atoms with E-state index in [9.17, 15) is 9.18 Å². The number of aromatic nitrogens is 2. The Morgan fingerprint density at radius 2 is 1.96 bits per heavy atom. The molecule has 0 unspecified atom stereocenters. The fourth-order valence-electron chi connectivity index (χ4n) is 2.19. The lowest BCUT2D eigenvalue weighted by Gasteiger charge is -2.03. The molecule has 1 aromatic carbocycles. The Balaban J connectivity index is 1.99. The number of hydrogen-bond donors (Lipinski definition) is 1. The molecular weight excluding hydrogens is 295 g/mol. The van der Waals surface area contributed by atoms with E-state index in [0.29, 0.717) is 22.3 Å². The van der Waals surface area contributed by atoms with Gasteiger partial charge in [0.05, 0.1) is 0 Å². The molecule has 0 aliphatic heterocycles. The zero-order chi connectivity index (χ0) is 16.2. The van der Waals surface area contributed by atoms with Crippen LogP contribution >= 0.6 is 0 Å². The van der Waals surface area contributed by atoms with Crippen LogP contribution in [0.3, 0.4) is 0 Å². The first-order valence-corrected chi connectivity index (χ1v) is 7.06. The summed E-state index contributed by atoms with van der Waals surface area (Å²) in [5.41, 5.74) is 1.99. The molecule has 2 heterocycles. The highest BCUT2D eigenvalue weighted by Gasteiger charge is 2.04. The number of aliphatic hydroxyl groups excluding tert-OH is 1. The van der Waals surface area contributed by atoms with Crippen LogP contribution < -0.4 is 5.56 Å². The van der Waals surface area contributed by atoms with E-state index in [4.69, 9.17) is 5.11 Å². The largest absolute Gasteiger partial charge is 0.396 e. The lowest BCUT2D eigenvalue weighted by atomic mass is 10.2. The third-order valence-corrected chi connectivity index (χ3v) is 3.34. The van der Waals surface area contributed by atoms with Crippen molar-refractivity contribution in [3.05, 3.63) is 81.7 Å². The number of benzene rings is 1. The van der Waals surface area contributed by atoms with E-state index >= 15 is 0 Å². The van der Waals surface area contributed by atoms with Crippen molar-refractivity contribution < 1.29 is 9.50 Å². The molecular formula is C18H13FN2O2. The molecule has 0 aliphatic carbocycles. The second-order valence-electron chi connectivity index (χ2n) is 4.97. The molecule has 23 heavy (non-hydrogen) atoms. The Kier molecular flexibility index (Phi) is 4.18. The highest BCUT2D eigenvalue weighted by Crippen LogP contribution is 2.05. The summed E-state index contributed by atoms with van der Waals surface area (Å²) in [6.07, 6.45) is 3.34. The van der Waals surface area contributed by atoms with Crippen LogP contribution in [0, 0.1) is 17.7 Å². The maximum Gasteiger partial charge on any atom is 0.261 e. The second kappa shape index (κ2) is 6.42. The Bertz CT molecular complexity index is 983. The van der Waals surface area contributed by atoms with E-state index in [0.717, 1.165) is 0 Å². The summed E-state index contributed by atoms with van der Waals surface area (Å²) in [6, 6.07) is 9.44. The van der Waals surface area contributed by atoms with E-state index in [1.54, 1.807) is 30.5 Å². The van der Waals surface area contributed by atoms with Crippen molar-refractivity contribution in [2.45, 2.75) is 6.42 Å². The highest BCUT2D eigenvalue weighted by molar-refractivity contribution is 5.49. The topological polar surface area (TPSA) is 54.6 Å². The van der Waals surface area contributed by atoms with Gasteiger partial charge in [0.25, 0.3) is 5.56 Å². The standard InChI is InChI=1S/C18H13FN2O2/c19-16-3-1-2-13(10-16)4-5-14-6-8-21-17(11-14)20-12-15(7-9-22)18(21)23/h1-3,6,8,10-12,22H,7,9H2. The third kappa shape index (κ3) is 3.28. The number of halogens is 1. The number of pyridine rings is 1. The summed E-state index contributed by atoms with van der Waals surface area (Å²) < 4.78 is 14.5. The van der Waals surface area contributed by atoms with Gasteiger partial charge in [-0.15, -0.1) is 0 Å². The molecule has 2 aromatic heterocycles. The molecule has 0 amide bonds. The zero-order valence-corrected chi connectivity index (χ0v) is 12.2. The summed E-state index contributed by atoms with van der Waals surface area (Å²) in [7, 11) is 0. The molecule has 114 valence electrons. The Morgan fingerprint density at radius 3 is 2.70 bits per heavy atom. The molecule has 4 nitrogen and oxygen atoms in total. The van der Waals surface area contributed by atoms with Gasteiger partial charge in [0.1, 0.15) is 11.5 Å². The molecule has 0 aliphatic rings. The molecule has 0 saturated carbocycles. The number of aliphatic hydroxyl groups is 1. The van der Waals surface area contributed by atoms with Crippen LogP contribution in [0.5, 0.6) is 0 Å². The van der Waals surface area contributed by atoms with Gasteiger partial charge in [0, 0.05) is 42.1 Å². The summed E-state index contributed by atoms with van der Waals surface area (Å²) in [4.78, 5) is 16.4. The number of rotatable bonds is 2. The maximum atomic E-state index is 13.1. The Labute approximate surface area is 131 Å². The average molecular weight is 308 g/mol. The van der Waals surface area contributed by atoms with Crippen molar-refractivity contribution >= 4 is 5.65 Å². The molecule has 1 N–H and O–H groups in total. The van der Waals surface area contributed by atoms with Gasteiger partial charge in [-0.05, 0) is 30.3 Å². The van der Waals surface area contributed by atoms with Gasteiger partial charge >= 0.3 is 0 Å². The molecule has 0 spiro atoms. The van der Waals surface area contributed by atoms with Gasteiger partial charge in [-0.2, -0.15) is 0 Å². The lowest BCUT2D eigenvalue weighted by Crippen LogP contribution is -2.20. The number of fused-ring (bicyclic) bond motifs is 1. The van der Waals surface area contributed by atoms with Gasteiger partial charge < -0.3 is 5.11 Å². The first-order chi connectivity index (χ1) is 11.2. The van der Waals surface area contributed by atoms with E-state index in [1.165, 1.54) is 22.7 Å². The van der Waals surface area contributed by atoms with Crippen molar-refractivity contribution in [2.24, 2.45) is 0 Å². The molecule has 3 rings (SSSR count). The molecule has 0 atom stereocenters. The van der Waals surface area contributed by atoms with Crippen LogP contribution in [0.4, 0.5) is 4.39 Å². The van der Waals surface area contributed by atoms with Crippen LogP contribution in [-0.4, -0.2) is 21.1 Å². The number of nitrogens with zero attached hydrogens (tertiary/aromatic N) is 2. The van der Waals surface area contributed by atoms with Gasteiger partial charge in [-0.3, -0.25) is 9.20 Å². The van der Waals surface area contributed by atoms with E-state index < -0.39 is 0 Å². The average Bonchev–Trinajstić information content (AvgIpc) is 2.56. The highest BCUT2D eigenvalue weighted by atomic mass is 19.1. The van der Waals surface area contributed by atoms with E-state index in [-0.39, 0.29) is 24.4 Å². The normalized spacial score (nSPS) is 10.3. The van der Waals surface area contributed by atoms with Gasteiger partial charge in [-0.25, -0.2) is 9.37 Å². The van der Waals surface area contributed by atoms with Crippen LogP contribution in [0.2, 0.25) is 0 Å². The Hall–Kier alpha value is -2.97. The summed E-state index contributed by atoms with van der Waals surface area (Å²) in [6.45, 7) is -0.0970. The monoisotopic (exact) mass is 308 g/mol. The fraction of sp³-hybridized carbons (Fsp3) is 0.111. The molecule has 0 bridgehead atoms. The predicted octanol–water partition coefficient (Wildman–Crippen LogP) is 1.77. The molecule has 5 heteroatoms. The summed E-state index contributed by atoms with van der Waals surface area (Å²) in [5, 5.41) is 8.94. The smallest absolute Gasteiger partial charge is 0.261 e.